The molecule has 0 aromatic rings. The Morgan fingerprint density at radius 3 is 0.602 bits per heavy atom. The number of hydrogen-bond donors (Lipinski definition) is 3. The van der Waals surface area contributed by atoms with E-state index in [4.69, 9.17) is 37.0 Å². The summed E-state index contributed by atoms with van der Waals surface area (Å²) < 4.78 is 68.5. The maximum absolute atomic E-state index is 13.1. The number of phosphoric ester groups is 2. The van der Waals surface area contributed by atoms with Crippen LogP contribution in [-0.2, 0) is 65.4 Å². The molecule has 0 saturated heterocycles. The summed E-state index contributed by atoms with van der Waals surface area (Å²) >= 11 is 0. The Hall–Kier alpha value is -1.94. The second-order valence-corrected chi connectivity index (χ2v) is 31.4. The van der Waals surface area contributed by atoms with Gasteiger partial charge in [-0.3, -0.25) is 37.3 Å². The summed E-state index contributed by atoms with van der Waals surface area (Å²) in [5, 5.41) is 10.6. The number of hydrogen-bond acceptors (Lipinski definition) is 15. The third-order valence-corrected chi connectivity index (χ3v) is 20.5. The lowest BCUT2D eigenvalue weighted by molar-refractivity contribution is -0.161. The third kappa shape index (κ3) is 72.4. The van der Waals surface area contributed by atoms with E-state index < -0.39 is 97.5 Å². The summed E-state index contributed by atoms with van der Waals surface area (Å²) in [7, 11) is -9.91. The fraction of sp³-hybridized carbons (Fsp3) is 0.949. The van der Waals surface area contributed by atoms with Crippen molar-refractivity contribution in [1.82, 2.24) is 0 Å². The van der Waals surface area contributed by atoms with E-state index in [9.17, 15) is 43.2 Å². The van der Waals surface area contributed by atoms with Crippen LogP contribution in [0.4, 0.5) is 0 Å². The third-order valence-electron chi connectivity index (χ3n) is 18.6. The molecule has 3 N–H and O–H groups in total. The molecule has 0 aliphatic carbocycles. The Morgan fingerprint density at radius 2 is 0.408 bits per heavy atom. The summed E-state index contributed by atoms with van der Waals surface area (Å²) in [6.07, 6.45) is 65.3. The normalized spacial score (nSPS) is 13.8. The summed E-state index contributed by atoms with van der Waals surface area (Å²) in [6.45, 7) is 4.98. The number of aliphatic hydroxyl groups is 1. The number of esters is 4. The van der Waals surface area contributed by atoms with E-state index in [0.717, 1.165) is 103 Å². The highest BCUT2D eigenvalue weighted by Crippen LogP contribution is 2.45. The fourth-order valence-corrected chi connectivity index (χ4v) is 13.9. The van der Waals surface area contributed by atoms with Crippen molar-refractivity contribution in [2.45, 2.75) is 444 Å². The topological polar surface area (TPSA) is 237 Å². The first-order valence-electron chi connectivity index (χ1n) is 41.3. The van der Waals surface area contributed by atoms with Crippen molar-refractivity contribution < 1.29 is 80.2 Å². The molecule has 2 unspecified atom stereocenters. The first-order chi connectivity index (χ1) is 47.7. The minimum atomic E-state index is -4.96. The molecule has 0 rings (SSSR count). The number of unbranched alkanes of at least 4 members (excludes halogenated alkanes) is 54. The Balaban J connectivity index is 5.18. The zero-order chi connectivity index (χ0) is 71.8. The monoisotopic (exact) mass is 1440 g/mol. The van der Waals surface area contributed by atoms with Crippen LogP contribution in [-0.4, -0.2) is 96.7 Å². The molecule has 0 spiro atoms. The van der Waals surface area contributed by atoms with Crippen LogP contribution in [0.25, 0.3) is 0 Å². The smallest absolute Gasteiger partial charge is 0.462 e. The molecule has 19 heteroatoms. The van der Waals surface area contributed by atoms with Gasteiger partial charge in [-0.25, -0.2) is 9.13 Å². The van der Waals surface area contributed by atoms with Crippen molar-refractivity contribution in [1.29, 1.82) is 0 Å². The summed E-state index contributed by atoms with van der Waals surface area (Å²) in [5.41, 5.74) is 0. The fourth-order valence-electron chi connectivity index (χ4n) is 12.3. The minimum absolute atomic E-state index is 0.108. The Morgan fingerprint density at radius 1 is 0.245 bits per heavy atom. The second-order valence-electron chi connectivity index (χ2n) is 28.5. The van der Waals surface area contributed by atoms with Crippen LogP contribution >= 0.6 is 15.6 Å². The number of rotatable bonds is 80. The van der Waals surface area contributed by atoms with Gasteiger partial charge < -0.3 is 33.8 Å². The Kier molecular flexibility index (Phi) is 71.9. The van der Waals surface area contributed by atoms with Gasteiger partial charge in [0.15, 0.2) is 12.2 Å². The molecule has 0 saturated carbocycles. The van der Waals surface area contributed by atoms with Crippen molar-refractivity contribution in [3.63, 3.8) is 0 Å². The maximum Gasteiger partial charge on any atom is 0.472 e. The Bertz CT molecular complexity index is 1860. The predicted octanol–water partition coefficient (Wildman–Crippen LogP) is 23.8. The average Bonchev–Trinajstić information content (AvgIpc) is 0.963. The van der Waals surface area contributed by atoms with Gasteiger partial charge in [0.1, 0.15) is 19.3 Å². The van der Waals surface area contributed by atoms with Crippen molar-refractivity contribution in [2.24, 2.45) is 0 Å². The van der Waals surface area contributed by atoms with Crippen LogP contribution in [0.1, 0.15) is 426 Å². The van der Waals surface area contributed by atoms with Crippen molar-refractivity contribution >= 4 is 39.5 Å². The molecular weight excluding hydrogens is 1280 g/mol. The molecule has 0 radical (unpaired) electrons. The maximum atomic E-state index is 13.1. The largest absolute Gasteiger partial charge is 0.472 e. The molecule has 0 amide bonds. The van der Waals surface area contributed by atoms with Crippen LogP contribution in [0.2, 0.25) is 0 Å². The van der Waals surface area contributed by atoms with Crippen LogP contribution in [0, 0.1) is 0 Å². The molecular formula is C79H154O17P2. The van der Waals surface area contributed by atoms with Gasteiger partial charge >= 0.3 is 39.5 Å². The summed E-state index contributed by atoms with van der Waals surface area (Å²) in [4.78, 5) is 72.8. The van der Waals surface area contributed by atoms with Gasteiger partial charge in [0.2, 0.25) is 0 Å². The highest BCUT2D eigenvalue weighted by Gasteiger charge is 2.30. The van der Waals surface area contributed by atoms with Gasteiger partial charge in [-0.1, -0.05) is 374 Å². The molecule has 5 atom stereocenters. The zero-order valence-corrected chi connectivity index (χ0v) is 65.6. The Labute approximate surface area is 600 Å². The quantitative estimate of drug-likeness (QED) is 0.0222. The van der Waals surface area contributed by atoms with E-state index in [0.29, 0.717) is 25.7 Å². The number of aliphatic hydroxyl groups excluding tert-OH is 1. The van der Waals surface area contributed by atoms with E-state index in [-0.39, 0.29) is 25.7 Å². The number of carbonyl (C=O) groups excluding carboxylic acids is 4. The number of phosphoric acid groups is 2. The molecule has 0 aromatic carbocycles. The van der Waals surface area contributed by atoms with Crippen molar-refractivity contribution in [3.05, 3.63) is 0 Å². The van der Waals surface area contributed by atoms with E-state index in [1.165, 1.54) is 244 Å². The van der Waals surface area contributed by atoms with Crippen LogP contribution in [0.5, 0.6) is 0 Å². The van der Waals surface area contributed by atoms with Gasteiger partial charge in [0, 0.05) is 25.7 Å². The highest BCUT2D eigenvalue weighted by molar-refractivity contribution is 7.47. The molecule has 98 heavy (non-hydrogen) atoms. The predicted molar refractivity (Wildman–Crippen MR) is 400 cm³/mol. The SMILES string of the molecule is CCCCCCCCCCCCCCCCCCCCCC(=O)O[C@H](COC(=O)CCCCCCCCCCCCCCCCCCC)COP(=O)(O)OC[C@@H](O)COP(=O)(O)OC[C@@H](COC(=O)CCCCCCCCC)OC(=O)CCCCCCCCCCCCCCCCC. The van der Waals surface area contributed by atoms with Crippen molar-refractivity contribution in [3.8, 4) is 0 Å². The van der Waals surface area contributed by atoms with E-state index in [1.54, 1.807) is 0 Å². The summed E-state index contributed by atoms with van der Waals surface area (Å²) in [5.74, 6) is -2.11. The molecule has 0 aliphatic heterocycles. The number of ether oxygens (including phenoxy) is 4. The van der Waals surface area contributed by atoms with Crippen LogP contribution < -0.4 is 0 Å². The minimum Gasteiger partial charge on any atom is -0.462 e. The first kappa shape index (κ1) is 96.1. The number of carbonyl (C=O) groups is 4. The highest BCUT2D eigenvalue weighted by atomic mass is 31.2. The standard InChI is InChI=1S/C79H154O17P2/c1-5-9-13-17-21-24-27-30-33-35-36-38-41-44-47-50-54-58-62-66-79(84)96-75(70-90-77(82)64-60-56-52-48-45-42-40-37-34-31-28-25-22-18-14-10-6-2)72-94-98(87,88)92-68-73(80)67-91-97(85,86)93-71-74(69-89-76(81)63-59-55-51-20-16-12-8-4)95-78(83)65-61-57-53-49-46-43-39-32-29-26-23-19-15-11-7-3/h73-75,80H,5-72H2,1-4H3,(H,85,86)(H,87,88)/t73-,74+,75+/m0/s1. The summed E-state index contributed by atoms with van der Waals surface area (Å²) in [6, 6.07) is 0. The van der Waals surface area contributed by atoms with Gasteiger partial charge in [0.05, 0.1) is 26.4 Å². The zero-order valence-electron chi connectivity index (χ0n) is 63.8. The van der Waals surface area contributed by atoms with Gasteiger partial charge in [-0.15, -0.1) is 0 Å². The molecule has 0 bridgehead atoms. The average molecular weight is 1440 g/mol. The van der Waals surface area contributed by atoms with E-state index >= 15 is 0 Å². The molecule has 0 heterocycles. The van der Waals surface area contributed by atoms with E-state index in [1.807, 2.05) is 0 Å². The van der Waals surface area contributed by atoms with Gasteiger partial charge in [-0.2, -0.15) is 0 Å². The van der Waals surface area contributed by atoms with Gasteiger partial charge in [0.25, 0.3) is 0 Å². The first-order valence-corrected chi connectivity index (χ1v) is 44.3. The van der Waals surface area contributed by atoms with Crippen LogP contribution in [0.15, 0.2) is 0 Å². The molecule has 582 valence electrons. The molecule has 0 fully saturated rings. The lowest BCUT2D eigenvalue weighted by Crippen LogP contribution is -2.30. The lowest BCUT2D eigenvalue weighted by Gasteiger charge is -2.21. The lowest BCUT2D eigenvalue weighted by atomic mass is 10.0. The molecule has 17 nitrogen and oxygen atoms in total. The van der Waals surface area contributed by atoms with Crippen LogP contribution in [0.3, 0.4) is 0 Å². The molecule has 0 aliphatic rings. The van der Waals surface area contributed by atoms with Gasteiger partial charge in [-0.05, 0) is 25.7 Å². The van der Waals surface area contributed by atoms with Crippen molar-refractivity contribution in [2.75, 3.05) is 39.6 Å². The van der Waals surface area contributed by atoms with E-state index in [2.05, 4.69) is 27.7 Å². The molecule has 0 aromatic heterocycles. The second kappa shape index (κ2) is 73.4.